The van der Waals surface area contributed by atoms with Crippen molar-refractivity contribution < 1.29 is 0 Å². The summed E-state index contributed by atoms with van der Waals surface area (Å²) in [7, 11) is 0. The highest BCUT2D eigenvalue weighted by Crippen LogP contribution is 2.36. The Balaban J connectivity index is 1.11. The van der Waals surface area contributed by atoms with Crippen molar-refractivity contribution in [1.29, 1.82) is 0 Å². The Morgan fingerprint density at radius 1 is 0.232 bits per heavy atom. The lowest BCUT2D eigenvalue weighted by Gasteiger charge is -2.13. The highest BCUT2D eigenvalue weighted by atomic mass is 15.0. The van der Waals surface area contributed by atoms with Gasteiger partial charge in [0.2, 0.25) is 0 Å². The molecule has 10 aromatic rings. The number of hydrogen-bond acceptors (Lipinski definition) is 5. The zero-order chi connectivity index (χ0) is 37.3. The van der Waals surface area contributed by atoms with Crippen LogP contribution in [0.25, 0.3) is 101 Å². The minimum atomic E-state index is 0.611. The Bertz CT molecular complexity index is 3000. The second-order valence-electron chi connectivity index (χ2n) is 13.7. The van der Waals surface area contributed by atoms with Crippen molar-refractivity contribution in [2.75, 3.05) is 0 Å². The largest absolute Gasteiger partial charge is 0.227 e. The Morgan fingerprint density at radius 2 is 0.643 bits per heavy atom. The van der Waals surface area contributed by atoms with Gasteiger partial charge < -0.3 is 0 Å². The highest BCUT2D eigenvalue weighted by molar-refractivity contribution is 6.10. The molecule has 0 amide bonds. The van der Waals surface area contributed by atoms with Gasteiger partial charge in [0.05, 0.1) is 11.2 Å². The normalized spacial score (nSPS) is 11.2. The molecular weight excluding hydrogens is 683 g/mol. The monoisotopic (exact) mass is 715 g/mol. The van der Waals surface area contributed by atoms with Gasteiger partial charge in [-0.25, -0.2) is 24.9 Å². The summed E-state index contributed by atoms with van der Waals surface area (Å²) in [6.07, 6.45) is 0. The van der Waals surface area contributed by atoms with Crippen LogP contribution in [0, 0.1) is 0 Å². The summed E-state index contributed by atoms with van der Waals surface area (Å²) in [5, 5.41) is 3.19. The SMILES string of the molecule is c1ccc(-c2cccc(-c3nc(-c4ccccc4)nc(-c4cccc(-c5ccc6ccc7c(-c8ccccc8)nc(-c8ccccc8)nc7c6c5)c4)n3)c2)cc1. The van der Waals surface area contributed by atoms with Crippen molar-refractivity contribution in [2.45, 2.75) is 0 Å². The molecule has 56 heavy (non-hydrogen) atoms. The first-order chi connectivity index (χ1) is 27.7. The van der Waals surface area contributed by atoms with E-state index in [1.54, 1.807) is 0 Å². The van der Waals surface area contributed by atoms with Gasteiger partial charge in [-0.05, 0) is 51.9 Å². The molecule has 0 aliphatic carbocycles. The molecule has 0 radical (unpaired) electrons. The van der Waals surface area contributed by atoms with Crippen LogP contribution >= 0.6 is 0 Å². The molecule has 5 nitrogen and oxygen atoms in total. The number of rotatable bonds is 7. The third-order valence-electron chi connectivity index (χ3n) is 10.1. The molecule has 2 aromatic heterocycles. The smallest absolute Gasteiger partial charge is 0.164 e. The summed E-state index contributed by atoms with van der Waals surface area (Å²) < 4.78 is 0. The molecular formula is C51H33N5. The summed E-state index contributed by atoms with van der Waals surface area (Å²) in [5.74, 6) is 2.56. The molecule has 0 spiro atoms. The fourth-order valence-corrected chi connectivity index (χ4v) is 7.28. The third kappa shape index (κ3) is 6.37. The molecule has 0 saturated heterocycles. The molecule has 0 aliphatic heterocycles. The highest BCUT2D eigenvalue weighted by Gasteiger charge is 2.16. The van der Waals surface area contributed by atoms with E-state index in [1.165, 1.54) is 0 Å². The van der Waals surface area contributed by atoms with Crippen LogP contribution in [0.3, 0.4) is 0 Å². The van der Waals surface area contributed by atoms with Gasteiger partial charge in [-0.1, -0.05) is 176 Å². The second-order valence-corrected chi connectivity index (χ2v) is 13.7. The van der Waals surface area contributed by atoms with E-state index in [0.29, 0.717) is 23.3 Å². The lowest BCUT2D eigenvalue weighted by atomic mass is 9.96. The van der Waals surface area contributed by atoms with Crippen molar-refractivity contribution in [3.63, 3.8) is 0 Å². The van der Waals surface area contributed by atoms with Crippen LogP contribution in [0.4, 0.5) is 0 Å². The topological polar surface area (TPSA) is 64.5 Å². The standard InChI is InChI=1S/C51H33N5/c1-5-15-34(16-6-1)39-23-13-25-42(31-39)50-54-49(38-21-11-4-12-22-38)55-51(56-50)43-26-14-24-40(32-43)41-28-27-35-29-30-44-46(36-17-7-2-8-18-36)52-48(37-19-9-3-10-20-37)53-47(44)45(35)33-41/h1-33H. The van der Waals surface area contributed by atoms with E-state index in [2.05, 4.69) is 140 Å². The number of hydrogen-bond donors (Lipinski definition) is 0. The van der Waals surface area contributed by atoms with E-state index < -0.39 is 0 Å². The maximum atomic E-state index is 5.22. The van der Waals surface area contributed by atoms with E-state index in [9.17, 15) is 0 Å². The van der Waals surface area contributed by atoms with Gasteiger partial charge in [0.15, 0.2) is 23.3 Å². The van der Waals surface area contributed by atoms with Crippen LogP contribution < -0.4 is 0 Å². The van der Waals surface area contributed by atoms with Crippen LogP contribution in [0.15, 0.2) is 200 Å². The van der Waals surface area contributed by atoms with Gasteiger partial charge in [0, 0.05) is 38.6 Å². The lowest BCUT2D eigenvalue weighted by molar-refractivity contribution is 1.07. The summed E-state index contributed by atoms with van der Waals surface area (Å²) in [6, 6.07) is 68.8. The average molecular weight is 716 g/mol. The van der Waals surface area contributed by atoms with Gasteiger partial charge in [-0.2, -0.15) is 0 Å². The van der Waals surface area contributed by atoms with Crippen LogP contribution in [0.2, 0.25) is 0 Å². The zero-order valence-corrected chi connectivity index (χ0v) is 30.3. The van der Waals surface area contributed by atoms with Crippen molar-refractivity contribution >= 4 is 21.7 Å². The maximum Gasteiger partial charge on any atom is 0.164 e. The lowest BCUT2D eigenvalue weighted by Crippen LogP contribution is -2.00. The van der Waals surface area contributed by atoms with Crippen LogP contribution in [-0.2, 0) is 0 Å². The van der Waals surface area contributed by atoms with Crippen molar-refractivity contribution in [3.8, 4) is 79.1 Å². The number of fused-ring (bicyclic) bond motifs is 3. The fourth-order valence-electron chi connectivity index (χ4n) is 7.28. The Kier molecular flexibility index (Phi) is 8.43. The van der Waals surface area contributed by atoms with Crippen molar-refractivity contribution in [2.24, 2.45) is 0 Å². The van der Waals surface area contributed by atoms with Crippen LogP contribution in [0.5, 0.6) is 0 Å². The third-order valence-corrected chi connectivity index (χ3v) is 10.1. The van der Waals surface area contributed by atoms with E-state index in [0.717, 1.165) is 77.4 Å². The number of nitrogens with zero attached hydrogens (tertiary/aromatic N) is 5. The molecule has 0 unspecified atom stereocenters. The minimum absolute atomic E-state index is 0.611. The van der Waals surface area contributed by atoms with E-state index in [1.807, 2.05) is 60.7 Å². The second kappa shape index (κ2) is 14.3. The van der Waals surface area contributed by atoms with Gasteiger partial charge in [0.1, 0.15) is 0 Å². The first-order valence-electron chi connectivity index (χ1n) is 18.7. The van der Waals surface area contributed by atoms with E-state index in [4.69, 9.17) is 24.9 Å². The predicted octanol–water partition coefficient (Wildman–Crippen LogP) is 12.6. The quantitative estimate of drug-likeness (QED) is 0.154. The number of aromatic nitrogens is 5. The number of benzene rings is 8. The Labute approximate surface area is 324 Å². The first-order valence-corrected chi connectivity index (χ1v) is 18.7. The van der Waals surface area contributed by atoms with Crippen molar-refractivity contribution in [1.82, 2.24) is 24.9 Å². The van der Waals surface area contributed by atoms with Gasteiger partial charge >= 0.3 is 0 Å². The summed E-state index contributed by atoms with van der Waals surface area (Å²) in [4.78, 5) is 25.5. The molecule has 262 valence electrons. The van der Waals surface area contributed by atoms with Gasteiger partial charge in [0.25, 0.3) is 0 Å². The molecule has 2 heterocycles. The predicted molar refractivity (Wildman–Crippen MR) is 228 cm³/mol. The summed E-state index contributed by atoms with van der Waals surface area (Å²) in [5.41, 5.74) is 11.0. The minimum Gasteiger partial charge on any atom is -0.227 e. The zero-order valence-electron chi connectivity index (χ0n) is 30.3. The van der Waals surface area contributed by atoms with E-state index >= 15 is 0 Å². The molecule has 0 fully saturated rings. The van der Waals surface area contributed by atoms with Crippen LogP contribution in [-0.4, -0.2) is 24.9 Å². The maximum absolute atomic E-state index is 5.22. The molecule has 5 heteroatoms. The molecule has 0 N–H and O–H groups in total. The van der Waals surface area contributed by atoms with Gasteiger partial charge in [-0.15, -0.1) is 0 Å². The van der Waals surface area contributed by atoms with Gasteiger partial charge in [-0.3, -0.25) is 0 Å². The first kappa shape index (κ1) is 33.0. The fraction of sp³-hybridized carbons (Fsp3) is 0. The van der Waals surface area contributed by atoms with Crippen molar-refractivity contribution in [3.05, 3.63) is 200 Å². The molecule has 0 aliphatic rings. The van der Waals surface area contributed by atoms with Crippen LogP contribution in [0.1, 0.15) is 0 Å². The summed E-state index contributed by atoms with van der Waals surface area (Å²) in [6.45, 7) is 0. The molecule has 0 bridgehead atoms. The van der Waals surface area contributed by atoms with E-state index in [-0.39, 0.29) is 0 Å². The average Bonchev–Trinajstić information content (AvgIpc) is 3.29. The summed E-state index contributed by atoms with van der Waals surface area (Å²) >= 11 is 0. The molecule has 8 aromatic carbocycles. The Morgan fingerprint density at radius 3 is 1.21 bits per heavy atom. The Hall–Kier alpha value is -7.63. The molecule has 0 saturated carbocycles. The molecule has 10 rings (SSSR count). The molecule has 0 atom stereocenters.